The molecule has 0 radical (unpaired) electrons. The number of nitrogens with zero attached hydrogens (tertiary/aromatic N) is 2. The molecule has 2 aromatic carbocycles. The summed E-state index contributed by atoms with van der Waals surface area (Å²) in [6.07, 6.45) is 4.18. The third-order valence-corrected chi connectivity index (χ3v) is 5.63. The Balaban J connectivity index is 1.50. The number of aromatic amines is 1. The van der Waals surface area contributed by atoms with Crippen LogP contribution in [0.3, 0.4) is 0 Å². The number of carbonyl (C=O) groups excluding carboxylic acids is 4. The Morgan fingerprint density at radius 2 is 1.61 bits per heavy atom. The lowest BCUT2D eigenvalue weighted by Gasteiger charge is -2.34. The van der Waals surface area contributed by atoms with E-state index in [1.54, 1.807) is 29.2 Å². The maximum absolute atomic E-state index is 14.6. The molecule has 0 saturated carbocycles. The Kier molecular flexibility index (Phi) is 6.17. The predicted octanol–water partition coefficient (Wildman–Crippen LogP) is 3.08. The first kappa shape index (κ1) is 22.1. The number of hydrogen-bond donors (Lipinski definition) is 1. The number of benzene rings is 2. The minimum Gasteiger partial charge on any atom is -0.360 e. The van der Waals surface area contributed by atoms with Crippen LogP contribution < -0.4 is 0 Å². The quantitative estimate of drug-likeness (QED) is 0.370. The van der Waals surface area contributed by atoms with Gasteiger partial charge >= 0.3 is 0 Å². The maximum Gasteiger partial charge on any atom is 0.295 e. The first-order valence-electron chi connectivity index (χ1n) is 10.5. The van der Waals surface area contributed by atoms with Gasteiger partial charge in [-0.05, 0) is 48.9 Å². The van der Waals surface area contributed by atoms with Crippen molar-refractivity contribution in [1.82, 2.24) is 14.8 Å². The van der Waals surface area contributed by atoms with E-state index < -0.39 is 17.5 Å². The summed E-state index contributed by atoms with van der Waals surface area (Å²) in [4.78, 5) is 55.5. The summed E-state index contributed by atoms with van der Waals surface area (Å²) in [7, 11) is 0. The fourth-order valence-electron chi connectivity index (χ4n) is 3.89. The fraction of sp³-hybridized carbons (Fsp3) is 0.200. The van der Waals surface area contributed by atoms with E-state index in [1.165, 1.54) is 42.3 Å². The number of allylic oxidation sites excluding steroid dienone is 1. The molecule has 0 spiro atoms. The standard InChI is InChI=1S/C25H22FN3O4/c1-16(30)7-8-17-9-10-20(26)21-19(15-27-22(17)21)23(31)25(33)29-13-11-28(12-14-29)24(32)18-5-3-2-4-6-18/h2-10,15,27H,11-14H2,1H3/b8-7+. The highest BCUT2D eigenvalue weighted by Gasteiger charge is 2.30. The number of fused-ring (bicyclic) bond motifs is 1. The molecule has 0 atom stereocenters. The third kappa shape index (κ3) is 4.45. The van der Waals surface area contributed by atoms with E-state index in [0.29, 0.717) is 29.7 Å². The molecule has 0 bridgehead atoms. The van der Waals surface area contributed by atoms with Crippen LogP contribution >= 0.6 is 0 Å². The highest BCUT2D eigenvalue weighted by molar-refractivity contribution is 6.45. The number of piperazine rings is 1. The van der Waals surface area contributed by atoms with Gasteiger partial charge in [-0.2, -0.15) is 0 Å². The predicted molar refractivity (Wildman–Crippen MR) is 121 cm³/mol. The van der Waals surface area contributed by atoms with Gasteiger partial charge in [0.2, 0.25) is 0 Å². The maximum atomic E-state index is 14.6. The van der Waals surface area contributed by atoms with Crippen molar-refractivity contribution < 1.29 is 23.6 Å². The van der Waals surface area contributed by atoms with Crippen LogP contribution in [0.15, 0.2) is 54.7 Å². The highest BCUT2D eigenvalue weighted by Crippen LogP contribution is 2.27. The Bertz CT molecular complexity index is 1270. The van der Waals surface area contributed by atoms with Crippen molar-refractivity contribution in [3.8, 4) is 0 Å². The molecule has 1 aliphatic heterocycles. The topological polar surface area (TPSA) is 90.6 Å². The largest absolute Gasteiger partial charge is 0.360 e. The van der Waals surface area contributed by atoms with Gasteiger partial charge in [0.25, 0.3) is 17.6 Å². The molecule has 0 unspecified atom stereocenters. The summed E-state index contributed by atoms with van der Waals surface area (Å²) in [6.45, 7) is 2.41. The summed E-state index contributed by atoms with van der Waals surface area (Å²) >= 11 is 0. The minimum atomic E-state index is -0.823. The van der Waals surface area contributed by atoms with Gasteiger partial charge < -0.3 is 14.8 Å². The van der Waals surface area contributed by atoms with Gasteiger partial charge in [-0.25, -0.2) is 4.39 Å². The van der Waals surface area contributed by atoms with E-state index in [-0.39, 0.29) is 35.7 Å². The molecule has 4 rings (SSSR count). The molecular weight excluding hydrogens is 425 g/mol. The number of H-pyrrole nitrogens is 1. The van der Waals surface area contributed by atoms with Crippen molar-refractivity contribution in [3.63, 3.8) is 0 Å². The molecule has 7 nitrogen and oxygen atoms in total. The molecule has 1 saturated heterocycles. The van der Waals surface area contributed by atoms with Gasteiger partial charge in [0.05, 0.1) is 11.1 Å². The second-order valence-electron chi connectivity index (χ2n) is 7.81. The van der Waals surface area contributed by atoms with Gasteiger partial charge in [-0.3, -0.25) is 19.2 Å². The van der Waals surface area contributed by atoms with Crippen molar-refractivity contribution in [2.24, 2.45) is 0 Å². The van der Waals surface area contributed by atoms with Gasteiger partial charge in [0.1, 0.15) is 5.82 Å². The van der Waals surface area contributed by atoms with E-state index in [9.17, 15) is 23.6 Å². The van der Waals surface area contributed by atoms with Crippen LogP contribution in [0.2, 0.25) is 0 Å². The number of carbonyl (C=O) groups is 4. The first-order chi connectivity index (χ1) is 15.9. The molecule has 2 heterocycles. The molecule has 8 heteroatoms. The molecular formula is C25H22FN3O4. The van der Waals surface area contributed by atoms with Crippen LogP contribution in [-0.2, 0) is 9.59 Å². The van der Waals surface area contributed by atoms with Gasteiger partial charge in [-0.15, -0.1) is 0 Å². The highest BCUT2D eigenvalue weighted by atomic mass is 19.1. The van der Waals surface area contributed by atoms with Crippen LogP contribution in [0.4, 0.5) is 4.39 Å². The number of hydrogen-bond acceptors (Lipinski definition) is 4. The molecule has 1 aromatic heterocycles. The second-order valence-corrected chi connectivity index (χ2v) is 7.81. The lowest BCUT2D eigenvalue weighted by atomic mass is 10.0. The number of nitrogens with one attached hydrogen (secondary N) is 1. The van der Waals surface area contributed by atoms with E-state index >= 15 is 0 Å². The number of Topliss-reactive ketones (excluding diaryl/α,β-unsaturated/α-hetero) is 1. The van der Waals surface area contributed by atoms with Crippen LogP contribution in [-0.4, -0.2) is 64.3 Å². The lowest BCUT2D eigenvalue weighted by molar-refractivity contribution is -0.127. The summed E-state index contributed by atoms with van der Waals surface area (Å²) in [6, 6.07) is 11.6. The molecule has 1 fully saturated rings. The van der Waals surface area contributed by atoms with Crippen LogP contribution in [0.25, 0.3) is 17.0 Å². The number of ketones is 2. The van der Waals surface area contributed by atoms with Gasteiger partial charge in [-0.1, -0.05) is 18.2 Å². The average Bonchev–Trinajstić information content (AvgIpc) is 3.29. The number of halogens is 1. The first-order valence-corrected chi connectivity index (χ1v) is 10.5. The number of amides is 2. The van der Waals surface area contributed by atoms with Gasteiger partial charge in [0.15, 0.2) is 5.78 Å². The Morgan fingerprint density at radius 1 is 0.939 bits per heavy atom. The van der Waals surface area contributed by atoms with Crippen LogP contribution in [0, 0.1) is 5.82 Å². The third-order valence-electron chi connectivity index (χ3n) is 5.63. The zero-order valence-electron chi connectivity index (χ0n) is 18.0. The van der Waals surface area contributed by atoms with Crippen molar-refractivity contribution in [3.05, 3.63) is 77.2 Å². The zero-order valence-corrected chi connectivity index (χ0v) is 18.0. The van der Waals surface area contributed by atoms with Gasteiger partial charge in [0, 0.05) is 43.3 Å². The fourth-order valence-corrected chi connectivity index (χ4v) is 3.89. The zero-order chi connectivity index (χ0) is 23.5. The van der Waals surface area contributed by atoms with Crippen molar-refractivity contribution >= 4 is 40.4 Å². The van der Waals surface area contributed by atoms with E-state index in [2.05, 4.69) is 4.98 Å². The van der Waals surface area contributed by atoms with E-state index in [1.807, 2.05) is 6.07 Å². The second kappa shape index (κ2) is 9.20. The van der Waals surface area contributed by atoms with E-state index in [4.69, 9.17) is 0 Å². The SMILES string of the molecule is CC(=O)/C=C/c1ccc(F)c2c(C(=O)C(=O)N3CCN(C(=O)c4ccccc4)CC3)c[nH]c12. The van der Waals surface area contributed by atoms with E-state index in [0.717, 1.165) is 0 Å². The number of rotatable bonds is 5. The molecule has 1 aliphatic rings. The molecule has 0 aliphatic carbocycles. The molecule has 168 valence electrons. The lowest BCUT2D eigenvalue weighted by Crippen LogP contribution is -2.52. The normalized spacial score (nSPS) is 14.1. The molecule has 3 aromatic rings. The van der Waals surface area contributed by atoms with Crippen molar-refractivity contribution in [2.45, 2.75) is 6.92 Å². The summed E-state index contributed by atoms with van der Waals surface area (Å²) in [5.41, 5.74) is 1.37. The van der Waals surface area contributed by atoms with Crippen molar-refractivity contribution in [1.29, 1.82) is 0 Å². The Hall–Kier alpha value is -4.07. The summed E-state index contributed by atoms with van der Waals surface area (Å²) in [5, 5.41) is 0.0111. The molecule has 33 heavy (non-hydrogen) atoms. The Morgan fingerprint density at radius 3 is 2.27 bits per heavy atom. The summed E-state index contributed by atoms with van der Waals surface area (Å²) in [5.74, 6) is -2.50. The Labute approximate surface area is 189 Å². The summed E-state index contributed by atoms with van der Waals surface area (Å²) < 4.78 is 14.6. The monoisotopic (exact) mass is 447 g/mol. The number of aromatic nitrogens is 1. The smallest absolute Gasteiger partial charge is 0.295 e. The molecule has 1 N–H and O–H groups in total. The van der Waals surface area contributed by atoms with Crippen molar-refractivity contribution in [2.75, 3.05) is 26.2 Å². The molecule has 2 amide bonds. The minimum absolute atomic E-state index is 0.0111. The van der Waals surface area contributed by atoms with Crippen LogP contribution in [0.5, 0.6) is 0 Å². The average molecular weight is 447 g/mol. The van der Waals surface area contributed by atoms with Crippen LogP contribution in [0.1, 0.15) is 33.2 Å².